The third-order valence-corrected chi connectivity index (χ3v) is 11.2. The van der Waals surface area contributed by atoms with Crippen LogP contribution in [0.3, 0.4) is 0 Å². The zero-order valence-electron chi connectivity index (χ0n) is 22.8. The fraction of sp³-hybridized carbons (Fsp3) is 0.571. The van der Waals surface area contributed by atoms with Crippen molar-refractivity contribution in [2.75, 3.05) is 31.7 Å². The van der Waals surface area contributed by atoms with Gasteiger partial charge in [0.05, 0.1) is 23.9 Å². The summed E-state index contributed by atoms with van der Waals surface area (Å²) in [6.45, 7) is 3.21. The number of hydrogen-bond donors (Lipinski definition) is 3. The molecule has 4 aliphatic rings. The van der Waals surface area contributed by atoms with Crippen LogP contribution in [0.1, 0.15) is 39.5 Å². The zero-order valence-corrected chi connectivity index (χ0v) is 24.6. The number of hydrogen-bond acceptors (Lipinski definition) is 8. The number of rotatable bonds is 10. The average Bonchev–Trinajstić information content (AvgIpc) is 3.31. The van der Waals surface area contributed by atoms with Gasteiger partial charge in [-0.2, -0.15) is 0 Å². The van der Waals surface area contributed by atoms with Crippen LogP contribution in [0, 0.1) is 23.2 Å². The largest absolute Gasteiger partial charge is 0.453 e. The number of nitrogens with one attached hydrogen (secondary N) is 1. The Morgan fingerprint density at radius 2 is 2.10 bits per heavy atom. The molecule has 3 N–H and O–H groups in total. The van der Waals surface area contributed by atoms with Gasteiger partial charge >= 0.3 is 6.09 Å². The van der Waals surface area contributed by atoms with E-state index in [4.69, 9.17) is 4.74 Å². The first-order valence-corrected chi connectivity index (χ1v) is 16.3. The summed E-state index contributed by atoms with van der Waals surface area (Å²) >= 11 is 1.32. The van der Waals surface area contributed by atoms with E-state index in [1.807, 2.05) is 19.1 Å². The third-order valence-electron chi connectivity index (χ3n) is 8.27. The van der Waals surface area contributed by atoms with Gasteiger partial charge in [-0.1, -0.05) is 42.6 Å². The van der Waals surface area contributed by atoms with Crippen LogP contribution >= 0.6 is 19.1 Å². The second kappa shape index (κ2) is 11.7. The van der Waals surface area contributed by atoms with Gasteiger partial charge in [-0.15, -0.1) is 11.8 Å². The van der Waals surface area contributed by atoms with Gasteiger partial charge in [-0.3, -0.25) is 19.1 Å². The highest BCUT2D eigenvalue weighted by Gasteiger charge is 2.79. The monoisotopic (exact) mass is 590 g/mol. The topological polar surface area (TPSA) is 150 Å². The fourth-order valence-corrected chi connectivity index (χ4v) is 8.71. The minimum Gasteiger partial charge on any atom is -0.453 e. The van der Waals surface area contributed by atoms with E-state index in [9.17, 15) is 33.7 Å². The van der Waals surface area contributed by atoms with Gasteiger partial charge in [-0.25, -0.2) is 4.79 Å². The van der Waals surface area contributed by atoms with Crippen LogP contribution < -0.4 is 5.32 Å². The Morgan fingerprint density at radius 1 is 1.35 bits per heavy atom. The molecule has 3 amide bonds. The predicted octanol–water partition coefficient (Wildman–Crippen LogP) is 2.41. The number of allylic oxidation sites excluding steroid dienone is 3. The maximum Gasteiger partial charge on any atom is 0.407 e. The zero-order chi connectivity index (χ0) is 29.3. The predicted molar refractivity (Wildman–Crippen MR) is 151 cm³/mol. The maximum absolute atomic E-state index is 13.0. The molecular formula is C28H35N2O8PS. The second-order valence-corrected chi connectivity index (χ2v) is 14.6. The Kier molecular flexibility index (Phi) is 8.86. The van der Waals surface area contributed by atoms with Crippen molar-refractivity contribution in [3.05, 3.63) is 35.5 Å². The number of carbonyl (C=O) groups excluding carboxylic acids is 4. The Bertz CT molecular complexity index is 1310. The highest BCUT2D eigenvalue weighted by molar-refractivity contribution is 8.00. The third kappa shape index (κ3) is 5.47. The SMILES string of the molecule is COC(=O)NC12/C3=C/C=C\C#CCC31/C(=C/CSC1CC(=O)N(CCP(=O)(O)CCC(C)=O)C1=O)C(C)CC2O. The number of aliphatic hydroxyl groups is 1. The molecule has 1 saturated heterocycles. The van der Waals surface area contributed by atoms with E-state index in [2.05, 4.69) is 17.2 Å². The first-order valence-electron chi connectivity index (χ1n) is 13.3. The molecule has 0 bridgehead atoms. The van der Waals surface area contributed by atoms with E-state index in [1.54, 1.807) is 12.2 Å². The minimum absolute atomic E-state index is 0.00448. The number of amides is 3. The molecule has 0 aromatic rings. The number of ketones is 1. The molecular weight excluding hydrogens is 555 g/mol. The molecule has 6 unspecified atom stereocenters. The van der Waals surface area contributed by atoms with Gasteiger partial charge < -0.3 is 24.8 Å². The summed E-state index contributed by atoms with van der Waals surface area (Å²) in [5, 5.41) is 13.5. The standard InChI is InChI=1S/C28H35N2O8PS/c1-18-16-23(32)28(29-26(35)38-3)22-8-6-4-5-7-11-27(22,28)20(18)10-15-40-21-17-24(33)30(25(21)34)12-14-39(36,37)13-9-19(2)31/h4,6,8,10,18,21,23,32H,9,11-17H2,1-3H3,(H,29,35)(H,36,37)/b6-4-,20-10+,22-8+. The van der Waals surface area contributed by atoms with Crippen molar-refractivity contribution in [3.8, 4) is 11.8 Å². The maximum atomic E-state index is 13.0. The Morgan fingerprint density at radius 3 is 2.80 bits per heavy atom. The van der Waals surface area contributed by atoms with Crippen molar-refractivity contribution in [2.45, 2.75) is 56.4 Å². The number of Topliss-reactive ketones (excluding diaryl/α,β-unsaturated/α-hetero) is 1. The molecule has 6 atom stereocenters. The van der Waals surface area contributed by atoms with Crippen molar-refractivity contribution in [2.24, 2.45) is 11.3 Å². The van der Waals surface area contributed by atoms with Crippen molar-refractivity contribution >= 4 is 42.8 Å². The smallest absolute Gasteiger partial charge is 0.407 e. The summed E-state index contributed by atoms with van der Waals surface area (Å²) in [4.78, 5) is 60.2. The lowest BCUT2D eigenvalue weighted by molar-refractivity contribution is -0.137. The minimum atomic E-state index is -3.63. The molecule has 1 aliphatic heterocycles. The number of imide groups is 1. The molecule has 2 saturated carbocycles. The van der Waals surface area contributed by atoms with Crippen molar-refractivity contribution in [1.29, 1.82) is 0 Å². The van der Waals surface area contributed by atoms with E-state index in [1.165, 1.54) is 25.8 Å². The molecule has 3 aliphatic carbocycles. The van der Waals surface area contributed by atoms with Crippen LogP contribution in [-0.4, -0.2) is 87.2 Å². The highest BCUT2D eigenvalue weighted by Crippen LogP contribution is 2.74. The summed E-state index contributed by atoms with van der Waals surface area (Å²) in [5.74, 6) is 5.56. The van der Waals surface area contributed by atoms with Crippen LogP contribution in [0.4, 0.5) is 4.79 Å². The normalized spacial score (nSPS) is 35.1. The van der Waals surface area contributed by atoms with E-state index in [0.29, 0.717) is 18.6 Å². The number of alkyl carbamates (subject to hydrolysis) is 1. The molecule has 0 aromatic heterocycles. The van der Waals surface area contributed by atoms with Crippen LogP contribution in [0.5, 0.6) is 0 Å². The molecule has 3 fully saturated rings. The molecule has 0 aromatic carbocycles. The highest BCUT2D eigenvalue weighted by atomic mass is 32.2. The van der Waals surface area contributed by atoms with Crippen molar-refractivity contribution < 1.29 is 38.5 Å². The first-order chi connectivity index (χ1) is 18.9. The van der Waals surface area contributed by atoms with Gasteiger partial charge in [0.15, 0.2) is 0 Å². The van der Waals surface area contributed by atoms with Gasteiger partial charge in [0.2, 0.25) is 19.2 Å². The number of fused-ring (bicyclic) bond motifs is 1. The van der Waals surface area contributed by atoms with Gasteiger partial charge in [0.1, 0.15) is 11.3 Å². The molecule has 12 heteroatoms. The summed E-state index contributed by atoms with van der Waals surface area (Å²) < 4.78 is 17.2. The number of nitrogens with zero attached hydrogens (tertiary/aromatic N) is 1. The van der Waals surface area contributed by atoms with E-state index in [0.717, 1.165) is 16.0 Å². The van der Waals surface area contributed by atoms with E-state index >= 15 is 0 Å². The van der Waals surface area contributed by atoms with E-state index < -0.39 is 35.8 Å². The lowest BCUT2D eigenvalue weighted by Gasteiger charge is -2.39. The second-order valence-electron chi connectivity index (χ2n) is 10.7. The van der Waals surface area contributed by atoms with Gasteiger partial charge in [-0.05, 0) is 30.9 Å². The lowest BCUT2D eigenvalue weighted by Crippen LogP contribution is -2.54. The first kappa shape index (κ1) is 30.3. The summed E-state index contributed by atoms with van der Waals surface area (Å²) in [7, 11) is -2.35. The number of ether oxygens (including phenoxy) is 1. The number of likely N-dealkylation sites (tertiary alicyclic amines) is 1. The fourth-order valence-electron chi connectivity index (χ4n) is 6.28. The number of aliphatic hydroxyl groups excluding tert-OH is 1. The van der Waals surface area contributed by atoms with Gasteiger partial charge in [0, 0.05) is 43.9 Å². The quantitative estimate of drug-likeness (QED) is 0.151. The van der Waals surface area contributed by atoms with Crippen LogP contribution in [0.15, 0.2) is 35.5 Å². The number of carbonyl (C=O) groups is 4. The summed E-state index contributed by atoms with van der Waals surface area (Å²) in [5.41, 5.74) is 0.127. The Balaban J connectivity index is 1.48. The molecule has 40 heavy (non-hydrogen) atoms. The average molecular weight is 591 g/mol. The molecule has 4 rings (SSSR count). The molecule has 1 heterocycles. The molecule has 216 valence electrons. The van der Waals surface area contributed by atoms with Gasteiger partial charge in [0.25, 0.3) is 0 Å². The summed E-state index contributed by atoms with van der Waals surface area (Å²) in [6.07, 6.45) is 6.34. The Labute approximate surface area is 238 Å². The van der Waals surface area contributed by atoms with E-state index in [-0.39, 0.29) is 55.2 Å². The molecule has 1 spiro atoms. The van der Waals surface area contributed by atoms with Crippen molar-refractivity contribution in [3.63, 3.8) is 0 Å². The molecule has 10 nitrogen and oxygen atoms in total. The number of methoxy groups -OCH3 is 1. The summed E-state index contributed by atoms with van der Waals surface area (Å²) in [6, 6.07) is 0. The van der Waals surface area contributed by atoms with Crippen LogP contribution in [-0.2, 0) is 23.7 Å². The Hall–Kier alpha value is -2.64. The van der Waals surface area contributed by atoms with Crippen molar-refractivity contribution in [1.82, 2.24) is 10.2 Å². The lowest BCUT2D eigenvalue weighted by atomic mass is 9.71. The number of thioether (sulfide) groups is 1. The molecule has 0 radical (unpaired) electrons. The van der Waals surface area contributed by atoms with Crippen LogP contribution in [0.25, 0.3) is 0 Å². The van der Waals surface area contributed by atoms with Crippen LogP contribution in [0.2, 0.25) is 0 Å².